The van der Waals surface area contributed by atoms with Gasteiger partial charge in [0.2, 0.25) is 0 Å². The Bertz CT molecular complexity index is 1700. The van der Waals surface area contributed by atoms with Gasteiger partial charge in [-0.05, 0) is 109 Å². The molecule has 2 aromatic carbocycles. The second-order valence-corrected chi connectivity index (χ2v) is 20.1. The summed E-state index contributed by atoms with van der Waals surface area (Å²) in [6.45, 7) is 1.47. The Morgan fingerprint density at radius 3 is 1.35 bits per heavy atom. The number of benzene rings is 2. The Hall–Kier alpha value is -2.84. The molecule has 0 aliphatic heterocycles. The quantitative estimate of drug-likeness (QED) is 0.193. The van der Waals surface area contributed by atoms with Crippen molar-refractivity contribution in [1.29, 1.82) is 0 Å². The highest BCUT2D eigenvalue weighted by Gasteiger charge is 2.43. The molecular weight excluding hydrogens is 782 g/mol. The Labute approximate surface area is 315 Å². The molecule has 298 valence electrons. The predicted octanol–water partition coefficient (Wildman–Crippen LogP) is 14.0. The van der Waals surface area contributed by atoms with Crippen molar-refractivity contribution in [2.45, 2.75) is 118 Å². The van der Waals surface area contributed by atoms with Gasteiger partial charge in [0.25, 0.3) is 0 Å². The lowest BCUT2D eigenvalue weighted by Crippen LogP contribution is -2.29. The van der Waals surface area contributed by atoms with Crippen molar-refractivity contribution in [3.8, 4) is 0 Å². The summed E-state index contributed by atoms with van der Waals surface area (Å²) < 4.78 is 170. The normalized spacial score (nSPS) is 22.6. The topological polar surface area (TPSA) is 0 Å². The Morgan fingerprint density at radius 2 is 0.945 bits per heavy atom. The van der Waals surface area contributed by atoms with Crippen molar-refractivity contribution in [2.75, 3.05) is 0 Å². The molecule has 0 aromatic heterocycles. The fourth-order valence-electron chi connectivity index (χ4n) is 8.50. The van der Waals surface area contributed by atoms with Gasteiger partial charge >= 0.3 is 24.7 Å². The maximum Gasteiger partial charge on any atom is 0.416 e. The lowest BCUT2D eigenvalue weighted by atomic mass is 9.95. The lowest BCUT2D eigenvalue weighted by molar-refractivity contribution is -0.144. The van der Waals surface area contributed by atoms with E-state index in [4.69, 9.17) is 0 Å². The number of alkyl halides is 12. The highest BCUT2D eigenvalue weighted by molar-refractivity contribution is 7.73. The van der Waals surface area contributed by atoms with Crippen LogP contribution in [0, 0.1) is 0 Å². The lowest BCUT2D eigenvalue weighted by Gasteiger charge is -2.43. The number of hydrogen-bond donors (Lipinski definition) is 0. The molecular formula is C41H40F12P2. The van der Waals surface area contributed by atoms with E-state index in [0.717, 1.165) is 69.8 Å². The van der Waals surface area contributed by atoms with E-state index in [0.29, 0.717) is 46.7 Å². The van der Waals surface area contributed by atoms with Gasteiger partial charge in [0.1, 0.15) is 0 Å². The molecule has 0 amide bonds. The molecule has 2 aromatic rings. The second-order valence-electron chi connectivity index (χ2n) is 14.6. The Balaban J connectivity index is 1.55. The van der Waals surface area contributed by atoms with Crippen LogP contribution in [-0.4, -0.2) is 22.6 Å². The third kappa shape index (κ3) is 9.49. The number of halogens is 12. The largest absolute Gasteiger partial charge is 0.416 e. The van der Waals surface area contributed by atoms with E-state index in [9.17, 15) is 52.7 Å². The molecule has 55 heavy (non-hydrogen) atoms. The summed E-state index contributed by atoms with van der Waals surface area (Å²) in [5, 5.41) is -1.28. The van der Waals surface area contributed by atoms with Gasteiger partial charge in [-0.25, -0.2) is 0 Å². The molecule has 2 fully saturated rings. The maximum atomic E-state index is 14.2. The van der Waals surface area contributed by atoms with Crippen LogP contribution in [0.25, 0.3) is 0 Å². The summed E-state index contributed by atoms with van der Waals surface area (Å²) in [5.41, 5.74) is -4.98. The van der Waals surface area contributed by atoms with E-state index in [1.165, 1.54) is 6.92 Å². The first-order chi connectivity index (χ1) is 25.7. The minimum atomic E-state index is -5.30. The van der Waals surface area contributed by atoms with E-state index in [-0.39, 0.29) is 17.8 Å². The van der Waals surface area contributed by atoms with Gasteiger partial charge in [0.15, 0.2) is 0 Å². The first kappa shape index (κ1) is 41.8. The summed E-state index contributed by atoms with van der Waals surface area (Å²) in [6.07, 6.45) is 3.03. The van der Waals surface area contributed by atoms with Gasteiger partial charge in [0, 0.05) is 11.3 Å². The Kier molecular flexibility index (Phi) is 12.3. The fourth-order valence-corrected chi connectivity index (χ4v) is 15.6. The van der Waals surface area contributed by atoms with E-state index < -0.39 is 79.1 Å². The molecule has 0 spiro atoms. The summed E-state index contributed by atoms with van der Waals surface area (Å²) in [6, 6.07) is 1.52. The summed E-state index contributed by atoms with van der Waals surface area (Å²) >= 11 is 0. The monoisotopic (exact) mass is 822 g/mol. The van der Waals surface area contributed by atoms with E-state index in [1.807, 2.05) is 18.2 Å². The molecule has 0 nitrogen and oxygen atoms in total. The molecule has 4 aliphatic carbocycles. The number of hydrogen-bond acceptors (Lipinski definition) is 0. The van der Waals surface area contributed by atoms with E-state index >= 15 is 0 Å². The van der Waals surface area contributed by atoms with Crippen molar-refractivity contribution in [2.24, 2.45) is 0 Å². The zero-order valence-electron chi connectivity index (χ0n) is 29.8. The molecule has 2 saturated carbocycles. The fraction of sp³-hybridized carbons (Fsp3) is 0.463. The smallest absolute Gasteiger partial charge is 0.166 e. The number of rotatable bonds is 7. The van der Waals surface area contributed by atoms with Crippen molar-refractivity contribution in [1.82, 2.24) is 0 Å². The summed E-state index contributed by atoms with van der Waals surface area (Å²) in [5.74, 6) is 0. The van der Waals surface area contributed by atoms with Gasteiger partial charge in [-0.15, -0.1) is 0 Å². The zero-order valence-corrected chi connectivity index (χ0v) is 31.6. The molecule has 0 bridgehead atoms. The molecule has 0 radical (unpaired) electrons. The molecule has 2 atom stereocenters. The van der Waals surface area contributed by atoms with Crippen molar-refractivity contribution in [3.63, 3.8) is 0 Å². The highest BCUT2D eigenvalue weighted by Crippen LogP contribution is 2.62. The summed E-state index contributed by atoms with van der Waals surface area (Å²) in [7, 11) is -3.39. The van der Waals surface area contributed by atoms with Crippen LogP contribution >= 0.6 is 15.8 Å². The first-order valence-electron chi connectivity index (χ1n) is 18.4. The van der Waals surface area contributed by atoms with E-state index in [2.05, 4.69) is 6.08 Å². The predicted molar refractivity (Wildman–Crippen MR) is 196 cm³/mol. The van der Waals surface area contributed by atoms with Gasteiger partial charge in [-0.3, -0.25) is 0 Å². The third-order valence-corrected chi connectivity index (χ3v) is 17.5. The van der Waals surface area contributed by atoms with Crippen LogP contribution in [0.2, 0.25) is 0 Å². The molecule has 0 saturated heterocycles. The molecule has 14 heteroatoms. The van der Waals surface area contributed by atoms with Crippen molar-refractivity contribution >= 4 is 26.5 Å². The summed E-state index contributed by atoms with van der Waals surface area (Å²) in [4.78, 5) is 0. The average Bonchev–Trinajstić information content (AvgIpc) is 3.61. The van der Waals surface area contributed by atoms with Crippen LogP contribution in [0.3, 0.4) is 0 Å². The van der Waals surface area contributed by atoms with Gasteiger partial charge in [0.05, 0.1) is 22.3 Å². The Morgan fingerprint density at radius 1 is 0.527 bits per heavy atom. The van der Waals surface area contributed by atoms with Crippen LogP contribution in [0.4, 0.5) is 52.7 Å². The molecule has 0 N–H and O–H groups in total. The molecule has 1 unspecified atom stereocenters. The standard InChI is InChI=1S/C41H40F12P2/c1-25(34-16-10-17-35(34)36-15-8-9-18-37(36)55(30-11-4-2-5-12-30)31-13-6-3-7-14-31)54(32-21-26(38(42,43)44)19-27(22-32)39(45,46)47)33-23-28(40(48,49)50)20-29(24-33)41(51,52)53/h8-10,15-25,30-31,37H,2-7,11-14H2,1H3/b36-35+/t25-,37?/m0/s1. The van der Waals surface area contributed by atoms with Gasteiger partial charge in [-0.2, -0.15) is 52.7 Å². The SMILES string of the molecule is C[C@@H](C1=CC=C/C1=C1/C=CC=CC1P(C1CCCCC1)C1CCCCC1)P(c1cc(C(F)(F)F)cc(C(F)(F)F)c1)c1cc(C(F)(F)F)cc(C(F)(F)F)c1. The first-order valence-corrected chi connectivity index (χ1v) is 21.3. The van der Waals surface area contributed by atoms with Crippen molar-refractivity contribution < 1.29 is 52.7 Å². The average molecular weight is 823 g/mol. The van der Waals surface area contributed by atoms with E-state index in [1.54, 1.807) is 18.2 Å². The molecule has 6 rings (SSSR count). The molecule has 0 heterocycles. The maximum absolute atomic E-state index is 14.2. The third-order valence-electron chi connectivity index (χ3n) is 11.0. The van der Waals surface area contributed by atoms with Crippen LogP contribution in [0.15, 0.2) is 95.6 Å². The van der Waals surface area contributed by atoms with Crippen LogP contribution in [-0.2, 0) is 24.7 Å². The van der Waals surface area contributed by atoms with Crippen LogP contribution in [0.1, 0.15) is 93.4 Å². The number of allylic oxidation sites excluding steroid dienone is 10. The highest BCUT2D eigenvalue weighted by atomic mass is 31.1. The second kappa shape index (κ2) is 16.2. The van der Waals surface area contributed by atoms with Crippen LogP contribution in [0.5, 0.6) is 0 Å². The minimum Gasteiger partial charge on any atom is -0.166 e. The molecule has 4 aliphatic rings. The van der Waals surface area contributed by atoms with Gasteiger partial charge < -0.3 is 0 Å². The zero-order chi connectivity index (χ0) is 39.9. The van der Waals surface area contributed by atoms with Gasteiger partial charge in [-0.1, -0.05) is 95.9 Å². The van der Waals surface area contributed by atoms with Crippen molar-refractivity contribution in [3.05, 3.63) is 118 Å². The van der Waals surface area contributed by atoms with Crippen LogP contribution < -0.4 is 10.6 Å². The minimum absolute atomic E-state index is 0.0263.